The molecule has 0 aliphatic heterocycles. The SMILES string of the molecule is O=C1C=CC(=O)c2ccccc21.O=[C]c1ccccc1. The van der Waals surface area contributed by atoms with Gasteiger partial charge in [-0.2, -0.15) is 0 Å². The van der Waals surface area contributed by atoms with Gasteiger partial charge in [-0.3, -0.25) is 14.4 Å². The Morgan fingerprint density at radius 1 is 0.650 bits per heavy atom. The van der Waals surface area contributed by atoms with Gasteiger partial charge in [0.05, 0.1) is 0 Å². The van der Waals surface area contributed by atoms with Gasteiger partial charge in [0.15, 0.2) is 11.6 Å². The van der Waals surface area contributed by atoms with Gasteiger partial charge in [0.2, 0.25) is 6.29 Å². The number of carbonyl (C=O) groups is 2. The van der Waals surface area contributed by atoms with Crippen LogP contribution in [0.5, 0.6) is 0 Å². The van der Waals surface area contributed by atoms with Crippen molar-refractivity contribution in [3.8, 4) is 0 Å². The zero-order valence-electron chi connectivity index (χ0n) is 10.6. The molecular formula is C17H11O3. The van der Waals surface area contributed by atoms with Crippen molar-refractivity contribution in [2.75, 3.05) is 0 Å². The lowest BCUT2D eigenvalue weighted by molar-refractivity contribution is 0.0994. The first kappa shape index (κ1) is 13.6. The number of rotatable bonds is 1. The number of allylic oxidation sites excluding steroid dienone is 2. The molecule has 0 saturated carbocycles. The molecule has 3 rings (SSSR count). The average Bonchev–Trinajstić information content (AvgIpc) is 2.53. The van der Waals surface area contributed by atoms with Crippen LogP contribution in [0.2, 0.25) is 0 Å². The normalized spacial score (nSPS) is 12.2. The average molecular weight is 263 g/mol. The van der Waals surface area contributed by atoms with Gasteiger partial charge < -0.3 is 0 Å². The number of fused-ring (bicyclic) bond motifs is 1. The van der Waals surface area contributed by atoms with Gasteiger partial charge in [-0.15, -0.1) is 0 Å². The third-order valence-corrected chi connectivity index (χ3v) is 2.74. The minimum atomic E-state index is -0.0924. The summed E-state index contributed by atoms with van der Waals surface area (Å²) < 4.78 is 0. The molecule has 0 fully saturated rings. The number of ketones is 2. The molecule has 0 amide bonds. The van der Waals surface area contributed by atoms with Crippen LogP contribution in [-0.4, -0.2) is 17.9 Å². The highest BCUT2D eigenvalue weighted by Crippen LogP contribution is 2.15. The summed E-state index contributed by atoms with van der Waals surface area (Å²) in [6, 6.07) is 15.7. The Morgan fingerprint density at radius 2 is 1.10 bits per heavy atom. The Bertz CT molecular complexity index is 633. The summed E-state index contributed by atoms with van der Waals surface area (Å²) in [6.07, 6.45) is 4.40. The zero-order chi connectivity index (χ0) is 14.4. The van der Waals surface area contributed by atoms with E-state index >= 15 is 0 Å². The fourth-order valence-electron chi connectivity index (χ4n) is 1.75. The molecule has 97 valence electrons. The molecule has 2 aromatic carbocycles. The number of hydrogen-bond donors (Lipinski definition) is 0. The monoisotopic (exact) mass is 263 g/mol. The summed E-state index contributed by atoms with van der Waals surface area (Å²) in [6.45, 7) is 0. The molecule has 20 heavy (non-hydrogen) atoms. The van der Waals surface area contributed by atoms with Crippen LogP contribution >= 0.6 is 0 Å². The largest absolute Gasteiger partial charge is 0.289 e. The zero-order valence-corrected chi connectivity index (χ0v) is 10.6. The minimum Gasteiger partial charge on any atom is -0.289 e. The van der Waals surface area contributed by atoms with Crippen molar-refractivity contribution in [1.29, 1.82) is 0 Å². The van der Waals surface area contributed by atoms with Crippen molar-refractivity contribution in [2.45, 2.75) is 0 Å². The Balaban J connectivity index is 0.000000160. The Hall–Kier alpha value is -2.81. The van der Waals surface area contributed by atoms with E-state index in [1.807, 2.05) is 6.07 Å². The van der Waals surface area contributed by atoms with E-state index < -0.39 is 0 Å². The highest BCUT2D eigenvalue weighted by Gasteiger charge is 2.16. The molecule has 1 radical (unpaired) electrons. The molecule has 0 heterocycles. The van der Waals surface area contributed by atoms with Crippen LogP contribution in [0.25, 0.3) is 0 Å². The van der Waals surface area contributed by atoms with Crippen LogP contribution < -0.4 is 0 Å². The van der Waals surface area contributed by atoms with Crippen LogP contribution in [0.1, 0.15) is 26.3 Å². The second-order valence-corrected chi connectivity index (χ2v) is 4.08. The first-order valence-electron chi connectivity index (χ1n) is 6.01. The lowest BCUT2D eigenvalue weighted by Crippen LogP contribution is -2.10. The Morgan fingerprint density at radius 3 is 1.50 bits per heavy atom. The van der Waals surface area contributed by atoms with Crippen molar-refractivity contribution in [2.24, 2.45) is 0 Å². The molecule has 0 N–H and O–H groups in total. The second-order valence-electron chi connectivity index (χ2n) is 4.08. The molecule has 0 saturated heterocycles. The standard InChI is InChI=1S/C10H6O2.C7H5O/c11-9-5-6-10(12)8-4-2-1-3-7(8)9;8-6-7-4-2-1-3-5-7/h1-6H;1-5H. The van der Waals surface area contributed by atoms with Gasteiger partial charge in [-0.25, -0.2) is 0 Å². The maximum absolute atomic E-state index is 11.2. The smallest absolute Gasteiger partial charge is 0.233 e. The van der Waals surface area contributed by atoms with Crippen LogP contribution in [0.15, 0.2) is 66.7 Å². The fourth-order valence-corrected chi connectivity index (χ4v) is 1.75. The molecule has 3 heteroatoms. The van der Waals surface area contributed by atoms with Crippen molar-refractivity contribution in [3.05, 3.63) is 83.4 Å². The van der Waals surface area contributed by atoms with Crippen LogP contribution in [0, 0.1) is 0 Å². The number of hydrogen-bond acceptors (Lipinski definition) is 3. The molecule has 1 aliphatic carbocycles. The van der Waals surface area contributed by atoms with Gasteiger partial charge >= 0.3 is 0 Å². The van der Waals surface area contributed by atoms with Crippen molar-refractivity contribution in [3.63, 3.8) is 0 Å². The van der Waals surface area contributed by atoms with Crippen molar-refractivity contribution < 1.29 is 14.4 Å². The lowest BCUT2D eigenvalue weighted by Gasteiger charge is -2.06. The third-order valence-electron chi connectivity index (χ3n) is 2.74. The van der Waals surface area contributed by atoms with E-state index in [4.69, 9.17) is 0 Å². The molecular weight excluding hydrogens is 252 g/mol. The summed E-state index contributed by atoms with van der Waals surface area (Å²) in [5.74, 6) is -0.185. The van der Waals surface area contributed by atoms with Crippen LogP contribution in [0.3, 0.4) is 0 Å². The molecule has 0 aromatic heterocycles. The van der Waals surface area contributed by atoms with Gasteiger partial charge in [0, 0.05) is 16.7 Å². The fraction of sp³-hybridized carbons (Fsp3) is 0. The summed E-state index contributed by atoms with van der Waals surface area (Å²) in [7, 11) is 0. The summed E-state index contributed by atoms with van der Waals surface area (Å²) >= 11 is 0. The van der Waals surface area contributed by atoms with Crippen LogP contribution in [0.4, 0.5) is 0 Å². The predicted molar refractivity (Wildman–Crippen MR) is 75.5 cm³/mol. The Kier molecular flexibility index (Phi) is 4.35. The molecule has 0 unspecified atom stereocenters. The summed E-state index contributed by atoms with van der Waals surface area (Å²) in [5.41, 5.74) is 1.61. The Labute approximate surface area is 116 Å². The highest BCUT2D eigenvalue weighted by atomic mass is 16.1. The summed E-state index contributed by atoms with van der Waals surface area (Å²) in [5, 5.41) is 0. The molecule has 2 aromatic rings. The molecule has 0 atom stereocenters. The minimum absolute atomic E-state index is 0.0924. The van der Waals surface area contributed by atoms with Gasteiger partial charge in [-0.05, 0) is 12.2 Å². The van der Waals surface area contributed by atoms with Crippen LogP contribution in [-0.2, 0) is 4.79 Å². The predicted octanol–water partition coefficient (Wildman–Crippen LogP) is 2.77. The van der Waals surface area contributed by atoms with Gasteiger partial charge in [-0.1, -0.05) is 54.6 Å². The summed E-state index contributed by atoms with van der Waals surface area (Å²) in [4.78, 5) is 32.3. The van der Waals surface area contributed by atoms with E-state index in [2.05, 4.69) is 0 Å². The van der Waals surface area contributed by atoms with E-state index in [9.17, 15) is 14.4 Å². The van der Waals surface area contributed by atoms with Crippen molar-refractivity contribution in [1.82, 2.24) is 0 Å². The van der Waals surface area contributed by atoms with Gasteiger partial charge in [0.1, 0.15) is 0 Å². The van der Waals surface area contributed by atoms with E-state index in [0.29, 0.717) is 16.7 Å². The third kappa shape index (κ3) is 3.14. The number of benzene rings is 2. The first-order chi connectivity index (χ1) is 9.72. The van der Waals surface area contributed by atoms with E-state index in [0.717, 1.165) is 0 Å². The maximum Gasteiger partial charge on any atom is 0.233 e. The first-order valence-corrected chi connectivity index (χ1v) is 6.01. The molecule has 3 nitrogen and oxygen atoms in total. The van der Waals surface area contributed by atoms with E-state index in [1.165, 1.54) is 12.2 Å². The maximum atomic E-state index is 11.2. The molecule has 1 aliphatic rings. The number of carbonyl (C=O) groups excluding carboxylic acids is 3. The van der Waals surface area contributed by atoms with E-state index in [-0.39, 0.29) is 11.6 Å². The lowest BCUT2D eigenvalue weighted by atomic mass is 9.95. The quantitative estimate of drug-likeness (QED) is 0.795. The van der Waals surface area contributed by atoms with E-state index in [1.54, 1.807) is 54.8 Å². The second kappa shape index (κ2) is 6.38. The topological polar surface area (TPSA) is 51.2 Å². The van der Waals surface area contributed by atoms with Gasteiger partial charge in [0.25, 0.3) is 0 Å². The molecule has 0 bridgehead atoms. The highest BCUT2D eigenvalue weighted by molar-refractivity contribution is 6.21. The van der Waals surface area contributed by atoms with Crippen molar-refractivity contribution >= 4 is 17.9 Å². The molecule has 0 spiro atoms.